The summed E-state index contributed by atoms with van der Waals surface area (Å²) >= 11 is 4.26. The summed E-state index contributed by atoms with van der Waals surface area (Å²) < 4.78 is 42.2. The Hall–Kier alpha value is -1.92. The average molecular weight is 478 g/mol. The minimum absolute atomic E-state index is 0.0226. The number of rotatable bonds is 4. The smallest absolute Gasteiger partial charge is 0.362 e. The maximum absolute atomic E-state index is 13.2. The first-order chi connectivity index (χ1) is 13.0. The third-order valence-corrected chi connectivity index (χ3v) is 5.61. The van der Waals surface area contributed by atoms with E-state index in [0.717, 1.165) is 21.8 Å². The van der Waals surface area contributed by atoms with Crippen LogP contribution in [0.1, 0.15) is 13.3 Å². The minimum Gasteiger partial charge on any atom is -0.362 e. The van der Waals surface area contributed by atoms with Crippen molar-refractivity contribution < 1.29 is 23.1 Å². The van der Waals surface area contributed by atoms with Crippen LogP contribution in [0.25, 0.3) is 11.4 Å². The van der Waals surface area contributed by atoms with Crippen molar-refractivity contribution in [1.82, 2.24) is 19.8 Å². The first-order valence-corrected chi connectivity index (χ1v) is 9.75. The highest BCUT2D eigenvalue weighted by molar-refractivity contribution is 9.10. The summed E-state index contributed by atoms with van der Waals surface area (Å²) in [5, 5.41) is 22.1. The normalized spacial score (nSPS) is 19.8. The molecule has 0 fully saturated rings. The first kappa shape index (κ1) is 20.8. The van der Waals surface area contributed by atoms with Crippen LogP contribution in [-0.2, 0) is 11.8 Å². The molecular formula is C16H15BrF3N5O2S. The van der Waals surface area contributed by atoms with E-state index in [0.29, 0.717) is 11.0 Å². The molecule has 0 saturated heterocycles. The summed E-state index contributed by atoms with van der Waals surface area (Å²) in [6.45, 7) is 1.32. The van der Waals surface area contributed by atoms with Gasteiger partial charge in [0.25, 0.3) is 11.6 Å². The summed E-state index contributed by atoms with van der Waals surface area (Å²) in [6, 6.07) is 7.34. The highest BCUT2D eigenvalue weighted by Crippen LogP contribution is 2.40. The van der Waals surface area contributed by atoms with Gasteiger partial charge in [-0.3, -0.25) is 4.79 Å². The van der Waals surface area contributed by atoms with Gasteiger partial charge in [-0.05, 0) is 19.1 Å². The second-order valence-corrected chi connectivity index (χ2v) is 8.05. The molecule has 12 heteroatoms. The van der Waals surface area contributed by atoms with Crippen LogP contribution in [0.15, 0.2) is 39.0 Å². The van der Waals surface area contributed by atoms with Crippen LogP contribution in [0.2, 0.25) is 0 Å². The van der Waals surface area contributed by atoms with E-state index in [2.05, 4.69) is 31.2 Å². The number of nitrogens with zero attached hydrogens (tertiary/aromatic N) is 5. The Morgan fingerprint density at radius 1 is 1.32 bits per heavy atom. The Balaban J connectivity index is 1.74. The van der Waals surface area contributed by atoms with Crippen LogP contribution in [-0.4, -0.2) is 54.2 Å². The predicted molar refractivity (Wildman–Crippen MR) is 100 cm³/mol. The second kappa shape index (κ2) is 7.48. The van der Waals surface area contributed by atoms with Crippen molar-refractivity contribution in [2.45, 2.75) is 30.4 Å². The highest BCUT2D eigenvalue weighted by Gasteiger charge is 2.62. The van der Waals surface area contributed by atoms with Gasteiger partial charge in [0, 0.05) is 29.2 Å². The van der Waals surface area contributed by atoms with Crippen LogP contribution in [0.3, 0.4) is 0 Å². The molecule has 1 aliphatic rings. The van der Waals surface area contributed by atoms with E-state index in [1.165, 1.54) is 6.92 Å². The molecule has 1 N–H and O–H groups in total. The predicted octanol–water partition coefficient (Wildman–Crippen LogP) is 3.20. The second-order valence-electron chi connectivity index (χ2n) is 6.19. The lowest BCUT2D eigenvalue weighted by Gasteiger charge is -2.32. The van der Waals surface area contributed by atoms with Gasteiger partial charge in [-0.2, -0.15) is 23.3 Å². The Labute approximate surface area is 170 Å². The number of carbonyl (C=O) groups excluding carboxylic acids is 1. The van der Waals surface area contributed by atoms with Crippen LogP contribution < -0.4 is 0 Å². The van der Waals surface area contributed by atoms with Crippen LogP contribution in [0.5, 0.6) is 0 Å². The number of aromatic nitrogens is 3. The fraction of sp³-hybridized carbons (Fsp3) is 0.375. The molecule has 150 valence electrons. The van der Waals surface area contributed by atoms with Gasteiger partial charge in [-0.25, -0.2) is 0 Å². The molecule has 1 aromatic heterocycles. The van der Waals surface area contributed by atoms with Gasteiger partial charge in [-0.15, -0.1) is 10.2 Å². The van der Waals surface area contributed by atoms with Crippen molar-refractivity contribution in [2.75, 3.05) is 5.75 Å². The van der Waals surface area contributed by atoms with Gasteiger partial charge >= 0.3 is 6.18 Å². The molecule has 1 aliphatic heterocycles. The van der Waals surface area contributed by atoms with Gasteiger partial charge in [-0.1, -0.05) is 39.8 Å². The first-order valence-electron chi connectivity index (χ1n) is 7.97. The third kappa shape index (κ3) is 3.80. The number of halogens is 4. The van der Waals surface area contributed by atoms with Crippen molar-refractivity contribution in [2.24, 2.45) is 12.1 Å². The van der Waals surface area contributed by atoms with Gasteiger partial charge < -0.3 is 9.67 Å². The van der Waals surface area contributed by atoms with Crippen LogP contribution in [0, 0.1) is 0 Å². The van der Waals surface area contributed by atoms with E-state index in [1.807, 2.05) is 24.3 Å². The number of hydrazone groups is 1. The third-order valence-electron chi connectivity index (χ3n) is 4.08. The molecule has 0 saturated carbocycles. The number of carbonyl (C=O) groups is 1. The molecule has 28 heavy (non-hydrogen) atoms. The van der Waals surface area contributed by atoms with E-state index in [-0.39, 0.29) is 16.5 Å². The summed E-state index contributed by atoms with van der Waals surface area (Å²) in [7, 11) is 1.69. The fourth-order valence-electron chi connectivity index (χ4n) is 2.68. The van der Waals surface area contributed by atoms with Crippen molar-refractivity contribution in [1.29, 1.82) is 0 Å². The van der Waals surface area contributed by atoms with Crippen LogP contribution in [0.4, 0.5) is 13.2 Å². The van der Waals surface area contributed by atoms with Gasteiger partial charge in [0.05, 0.1) is 5.75 Å². The number of benzene rings is 1. The molecule has 1 amide bonds. The standard InChI is InChI=1S/C16H15BrF3N5O2S/c1-9-7-15(27,16(18,19)20)25(23-9)12(26)8-28-14-22-21-13(24(14)2)10-3-5-11(17)6-4-10/h3-6,27H,7-8H2,1-2H3. The number of hydrogen-bond donors (Lipinski definition) is 1. The number of alkyl halides is 3. The van der Waals surface area contributed by atoms with Crippen LogP contribution >= 0.6 is 27.7 Å². The summed E-state index contributed by atoms with van der Waals surface area (Å²) in [4.78, 5) is 12.3. The molecule has 0 bridgehead atoms. The lowest BCUT2D eigenvalue weighted by molar-refractivity contribution is -0.301. The zero-order chi connectivity index (χ0) is 20.7. The van der Waals surface area contributed by atoms with E-state index in [1.54, 1.807) is 11.6 Å². The van der Waals surface area contributed by atoms with Crippen molar-refractivity contribution in [3.05, 3.63) is 28.7 Å². The maximum Gasteiger partial charge on any atom is 0.438 e. The summed E-state index contributed by atoms with van der Waals surface area (Å²) in [6.07, 6.45) is -5.79. The summed E-state index contributed by atoms with van der Waals surface area (Å²) in [5.74, 6) is -0.819. The molecule has 0 radical (unpaired) electrons. The number of amides is 1. The number of aliphatic hydroxyl groups is 1. The van der Waals surface area contributed by atoms with Gasteiger partial charge in [0.15, 0.2) is 11.0 Å². The lowest BCUT2D eigenvalue weighted by Crippen LogP contribution is -2.57. The molecule has 0 spiro atoms. The van der Waals surface area contributed by atoms with E-state index >= 15 is 0 Å². The minimum atomic E-state index is -5.02. The molecule has 7 nitrogen and oxygen atoms in total. The van der Waals surface area contributed by atoms with Gasteiger partial charge in [0.1, 0.15) is 0 Å². The molecule has 1 atom stereocenters. The topological polar surface area (TPSA) is 83.6 Å². The van der Waals surface area contributed by atoms with E-state index in [9.17, 15) is 23.1 Å². The molecule has 3 rings (SSSR count). The Kier molecular flexibility index (Phi) is 5.56. The molecular weight excluding hydrogens is 463 g/mol. The largest absolute Gasteiger partial charge is 0.438 e. The quantitative estimate of drug-likeness (QED) is 0.683. The Morgan fingerprint density at radius 2 is 1.96 bits per heavy atom. The SMILES string of the molecule is CC1=NN(C(=O)CSc2nnc(-c3ccc(Br)cc3)n2C)C(O)(C(F)(F)F)C1. The van der Waals surface area contributed by atoms with Crippen molar-refractivity contribution in [3.8, 4) is 11.4 Å². The molecule has 0 aliphatic carbocycles. The Bertz CT molecular complexity index is 931. The monoisotopic (exact) mass is 477 g/mol. The zero-order valence-corrected chi connectivity index (χ0v) is 17.1. The Morgan fingerprint density at radius 3 is 2.57 bits per heavy atom. The van der Waals surface area contributed by atoms with Crippen molar-refractivity contribution >= 4 is 39.3 Å². The average Bonchev–Trinajstić information content (AvgIpc) is 3.13. The molecule has 2 heterocycles. The van der Waals surface area contributed by atoms with E-state index < -0.39 is 24.2 Å². The summed E-state index contributed by atoms with van der Waals surface area (Å²) in [5.41, 5.74) is -2.51. The number of hydrogen-bond acceptors (Lipinski definition) is 6. The fourth-order valence-corrected chi connectivity index (χ4v) is 3.70. The van der Waals surface area contributed by atoms with E-state index in [4.69, 9.17) is 0 Å². The maximum atomic E-state index is 13.2. The molecule has 1 unspecified atom stereocenters. The van der Waals surface area contributed by atoms with Crippen molar-refractivity contribution in [3.63, 3.8) is 0 Å². The zero-order valence-electron chi connectivity index (χ0n) is 14.7. The number of thioether (sulfide) groups is 1. The van der Waals surface area contributed by atoms with Gasteiger partial charge in [0.2, 0.25) is 0 Å². The lowest BCUT2D eigenvalue weighted by atomic mass is 10.1. The molecule has 2 aromatic rings. The molecule has 1 aromatic carbocycles. The highest BCUT2D eigenvalue weighted by atomic mass is 79.9.